The van der Waals surface area contributed by atoms with Crippen LogP contribution in [0.5, 0.6) is 0 Å². The zero-order valence-corrected chi connectivity index (χ0v) is 12.4. The summed E-state index contributed by atoms with van der Waals surface area (Å²) in [6.07, 6.45) is 0.446. The smallest absolute Gasteiger partial charge is 0.325 e. The van der Waals surface area contributed by atoms with Gasteiger partial charge in [0.1, 0.15) is 6.54 Å². The lowest BCUT2D eigenvalue weighted by Crippen LogP contribution is -2.30. The number of rotatable bonds is 6. The molecule has 0 aliphatic rings. The van der Waals surface area contributed by atoms with Crippen LogP contribution in [0.15, 0.2) is 24.3 Å². The van der Waals surface area contributed by atoms with E-state index in [1.807, 2.05) is 13.8 Å². The van der Waals surface area contributed by atoms with Crippen LogP contribution in [0.4, 0.5) is 5.69 Å². The Morgan fingerprint density at radius 1 is 1.14 bits per heavy atom. The molecule has 0 radical (unpaired) electrons. The van der Waals surface area contributed by atoms with Crippen molar-refractivity contribution in [2.24, 2.45) is 5.92 Å². The summed E-state index contributed by atoms with van der Waals surface area (Å²) in [5.74, 6) is -0.664. The lowest BCUT2D eigenvalue weighted by atomic mass is 10.1. The molecule has 21 heavy (non-hydrogen) atoms. The summed E-state index contributed by atoms with van der Waals surface area (Å²) in [4.78, 5) is 34.3. The Morgan fingerprint density at radius 3 is 2.29 bits per heavy atom. The number of ether oxygens (including phenoxy) is 1. The predicted octanol–water partition coefficient (Wildman–Crippen LogP) is 1.57. The summed E-state index contributed by atoms with van der Waals surface area (Å²) in [7, 11) is 1.25. The highest BCUT2D eigenvalue weighted by atomic mass is 16.5. The Kier molecular flexibility index (Phi) is 6.39. The molecule has 0 fully saturated rings. The number of hydrogen-bond acceptors (Lipinski definition) is 4. The minimum absolute atomic E-state index is 0.0621. The molecule has 0 spiro atoms. The minimum atomic E-state index is -0.513. The maximum absolute atomic E-state index is 11.7. The van der Waals surface area contributed by atoms with Gasteiger partial charge < -0.3 is 15.4 Å². The van der Waals surface area contributed by atoms with Crippen LogP contribution in [0.3, 0.4) is 0 Å². The fourth-order valence-electron chi connectivity index (χ4n) is 1.61. The molecule has 6 nitrogen and oxygen atoms in total. The van der Waals surface area contributed by atoms with E-state index in [1.165, 1.54) is 7.11 Å². The fraction of sp³-hybridized carbons (Fsp3) is 0.400. The van der Waals surface area contributed by atoms with Crippen LogP contribution in [0.25, 0.3) is 0 Å². The quantitative estimate of drug-likeness (QED) is 0.780. The van der Waals surface area contributed by atoms with Crippen LogP contribution in [0.2, 0.25) is 0 Å². The Hall–Kier alpha value is -2.37. The number of hydrogen-bond donors (Lipinski definition) is 2. The summed E-state index contributed by atoms with van der Waals surface area (Å²) < 4.78 is 4.43. The zero-order chi connectivity index (χ0) is 15.8. The summed E-state index contributed by atoms with van der Waals surface area (Å²) in [6, 6.07) is 6.45. The molecule has 0 aliphatic heterocycles. The third-order valence-corrected chi connectivity index (χ3v) is 2.65. The molecule has 0 aromatic heterocycles. The lowest BCUT2D eigenvalue weighted by Gasteiger charge is -2.08. The molecule has 2 amide bonds. The van der Waals surface area contributed by atoms with E-state index >= 15 is 0 Å². The maximum Gasteiger partial charge on any atom is 0.325 e. The van der Waals surface area contributed by atoms with E-state index in [-0.39, 0.29) is 24.3 Å². The molecule has 1 aromatic rings. The van der Waals surface area contributed by atoms with Gasteiger partial charge in [-0.05, 0) is 30.2 Å². The minimum Gasteiger partial charge on any atom is -0.468 e. The summed E-state index contributed by atoms with van der Waals surface area (Å²) in [6.45, 7) is 3.75. The van der Waals surface area contributed by atoms with Crippen LogP contribution in [0, 0.1) is 5.92 Å². The highest BCUT2D eigenvalue weighted by Gasteiger charge is 2.09. The number of methoxy groups -OCH3 is 1. The van der Waals surface area contributed by atoms with Crippen molar-refractivity contribution in [2.75, 3.05) is 19.0 Å². The van der Waals surface area contributed by atoms with Crippen LogP contribution >= 0.6 is 0 Å². The van der Waals surface area contributed by atoms with Gasteiger partial charge in [0.05, 0.1) is 7.11 Å². The summed E-state index contributed by atoms with van der Waals surface area (Å²) in [5, 5.41) is 5.19. The molecule has 0 unspecified atom stereocenters. The Bertz CT molecular complexity index is 509. The molecular formula is C15H20N2O4. The number of anilines is 1. The van der Waals surface area contributed by atoms with E-state index in [1.54, 1.807) is 24.3 Å². The maximum atomic E-state index is 11.7. The number of carbonyl (C=O) groups is 3. The van der Waals surface area contributed by atoms with Gasteiger partial charge in [0.2, 0.25) is 5.91 Å². The molecule has 1 rings (SSSR count). The summed E-state index contributed by atoms with van der Waals surface area (Å²) >= 11 is 0. The first-order valence-corrected chi connectivity index (χ1v) is 6.67. The average molecular weight is 292 g/mol. The Labute approximate surface area is 123 Å². The van der Waals surface area contributed by atoms with Crippen molar-refractivity contribution in [3.63, 3.8) is 0 Å². The first-order valence-electron chi connectivity index (χ1n) is 6.67. The van der Waals surface area contributed by atoms with Crippen molar-refractivity contribution in [2.45, 2.75) is 20.3 Å². The molecule has 0 aliphatic carbocycles. The third-order valence-electron chi connectivity index (χ3n) is 2.65. The Morgan fingerprint density at radius 2 is 1.76 bits per heavy atom. The van der Waals surface area contributed by atoms with E-state index < -0.39 is 5.97 Å². The van der Waals surface area contributed by atoms with E-state index in [4.69, 9.17) is 0 Å². The predicted molar refractivity (Wildman–Crippen MR) is 78.9 cm³/mol. The molecule has 114 valence electrons. The standard InChI is InChI=1S/C15H20N2O4/c1-10(2)8-13(18)17-12-6-4-11(5-7-12)15(20)16-9-14(19)21-3/h4-7,10H,8-9H2,1-3H3,(H,16,20)(H,17,18). The topological polar surface area (TPSA) is 84.5 Å². The van der Waals surface area contributed by atoms with Crippen molar-refractivity contribution in [3.8, 4) is 0 Å². The third kappa shape index (κ3) is 6.07. The van der Waals surface area contributed by atoms with Gasteiger partial charge in [0.25, 0.3) is 5.91 Å². The SMILES string of the molecule is COC(=O)CNC(=O)c1ccc(NC(=O)CC(C)C)cc1. The van der Waals surface area contributed by atoms with E-state index in [0.717, 1.165) is 0 Å². The second-order valence-corrected chi connectivity index (χ2v) is 4.98. The lowest BCUT2D eigenvalue weighted by molar-refractivity contribution is -0.139. The van der Waals surface area contributed by atoms with Gasteiger partial charge in [-0.15, -0.1) is 0 Å². The highest BCUT2D eigenvalue weighted by Crippen LogP contribution is 2.11. The van der Waals surface area contributed by atoms with Crippen molar-refractivity contribution >= 4 is 23.5 Å². The monoisotopic (exact) mass is 292 g/mol. The zero-order valence-electron chi connectivity index (χ0n) is 12.4. The Balaban J connectivity index is 2.55. The van der Waals surface area contributed by atoms with Crippen LogP contribution in [-0.2, 0) is 14.3 Å². The normalized spacial score (nSPS) is 10.1. The molecule has 1 aromatic carbocycles. The molecule has 0 bridgehead atoms. The first-order chi connectivity index (χ1) is 9.92. The molecule has 0 saturated carbocycles. The molecule has 6 heteroatoms. The highest BCUT2D eigenvalue weighted by molar-refractivity contribution is 5.97. The molecular weight excluding hydrogens is 272 g/mol. The van der Waals surface area contributed by atoms with Gasteiger partial charge in [0, 0.05) is 17.7 Å². The van der Waals surface area contributed by atoms with E-state index in [2.05, 4.69) is 15.4 Å². The number of amides is 2. The molecule has 0 atom stereocenters. The van der Waals surface area contributed by atoms with Gasteiger partial charge in [0.15, 0.2) is 0 Å². The number of nitrogens with one attached hydrogen (secondary N) is 2. The van der Waals surface area contributed by atoms with Crippen molar-refractivity contribution in [3.05, 3.63) is 29.8 Å². The van der Waals surface area contributed by atoms with Gasteiger partial charge in [-0.1, -0.05) is 13.8 Å². The number of benzene rings is 1. The van der Waals surface area contributed by atoms with Crippen LogP contribution in [-0.4, -0.2) is 31.4 Å². The summed E-state index contributed by atoms with van der Waals surface area (Å²) in [5.41, 5.74) is 1.03. The van der Waals surface area contributed by atoms with Gasteiger partial charge in [-0.2, -0.15) is 0 Å². The van der Waals surface area contributed by atoms with Crippen LogP contribution in [0.1, 0.15) is 30.6 Å². The second-order valence-electron chi connectivity index (χ2n) is 4.98. The largest absolute Gasteiger partial charge is 0.468 e. The molecule has 0 saturated heterocycles. The van der Waals surface area contributed by atoms with E-state index in [9.17, 15) is 14.4 Å². The molecule has 0 heterocycles. The van der Waals surface area contributed by atoms with Gasteiger partial charge >= 0.3 is 5.97 Å². The first kappa shape index (κ1) is 16.7. The van der Waals surface area contributed by atoms with Crippen molar-refractivity contribution < 1.29 is 19.1 Å². The molecule has 2 N–H and O–H groups in total. The van der Waals surface area contributed by atoms with Crippen molar-refractivity contribution in [1.82, 2.24) is 5.32 Å². The van der Waals surface area contributed by atoms with E-state index in [0.29, 0.717) is 17.7 Å². The fourth-order valence-corrected chi connectivity index (χ4v) is 1.61. The average Bonchev–Trinajstić information content (AvgIpc) is 2.44. The number of carbonyl (C=O) groups excluding carboxylic acids is 3. The van der Waals surface area contributed by atoms with Crippen molar-refractivity contribution in [1.29, 1.82) is 0 Å². The number of esters is 1. The van der Waals surface area contributed by atoms with Crippen LogP contribution < -0.4 is 10.6 Å². The van der Waals surface area contributed by atoms with Gasteiger partial charge in [-0.25, -0.2) is 0 Å². The second kappa shape index (κ2) is 8.04. The van der Waals surface area contributed by atoms with Gasteiger partial charge in [-0.3, -0.25) is 14.4 Å².